The highest BCUT2D eigenvalue weighted by Gasteiger charge is 2.05. The summed E-state index contributed by atoms with van der Waals surface area (Å²) in [4.78, 5) is 0. The van der Waals surface area contributed by atoms with E-state index in [1.54, 1.807) is 31.2 Å². The summed E-state index contributed by atoms with van der Waals surface area (Å²) in [5, 5.41) is 9.10. The Balaban J connectivity index is 2.01. The van der Waals surface area contributed by atoms with E-state index in [4.69, 9.17) is 14.6 Å². The third kappa shape index (κ3) is 3.93. The molecule has 3 nitrogen and oxygen atoms in total. The van der Waals surface area contributed by atoms with Crippen molar-refractivity contribution in [3.05, 3.63) is 54.1 Å². The van der Waals surface area contributed by atoms with Crippen LogP contribution in [0, 0.1) is 11.6 Å². The van der Waals surface area contributed by atoms with E-state index >= 15 is 0 Å². The lowest BCUT2D eigenvalue weighted by Gasteiger charge is -2.09. The van der Waals surface area contributed by atoms with Gasteiger partial charge >= 0.3 is 0 Å². The Morgan fingerprint density at radius 2 is 1.55 bits per heavy atom. The van der Waals surface area contributed by atoms with Crippen LogP contribution < -0.4 is 9.47 Å². The molecular formula is C15H14F2O3. The highest BCUT2D eigenvalue weighted by atomic mass is 19.2. The highest BCUT2D eigenvalue weighted by molar-refractivity contribution is 5.35. The van der Waals surface area contributed by atoms with Crippen LogP contribution in [0.25, 0.3) is 0 Å². The summed E-state index contributed by atoms with van der Waals surface area (Å²) in [5.41, 5.74) is 0. The van der Waals surface area contributed by atoms with Gasteiger partial charge in [-0.15, -0.1) is 0 Å². The van der Waals surface area contributed by atoms with E-state index in [0.29, 0.717) is 11.5 Å². The predicted octanol–water partition coefficient (Wildman–Crippen LogP) is 3.52. The number of halogens is 2. The molecule has 1 unspecified atom stereocenters. The molecule has 1 atom stereocenters. The fraction of sp³-hybridized carbons (Fsp3) is 0.200. The molecule has 0 fully saturated rings. The molecule has 2 rings (SSSR count). The van der Waals surface area contributed by atoms with Gasteiger partial charge < -0.3 is 14.6 Å². The smallest absolute Gasteiger partial charge is 0.162 e. The second-order valence-electron chi connectivity index (χ2n) is 4.31. The molecule has 2 aromatic rings. The number of benzene rings is 2. The second-order valence-corrected chi connectivity index (χ2v) is 4.31. The molecule has 106 valence electrons. The molecule has 2 aromatic carbocycles. The summed E-state index contributed by atoms with van der Waals surface area (Å²) in [7, 11) is 0. The van der Waals surface area contributed by atoms with Crippen LogP contribution in [0.3, 0.4) is 0 Å². The minimum absolute atomic E-state index is 0.198. The van der Waals surface area contributed by atoms with E-state index in [9.17, 15) is 8.78 Å². The Morgan fingerprint density at radius 1 is 0.950 bits per heavy atom. The van der Waals surface area contributed by atoms with E-state index in [-0.39, 0.29) is 12.4 Å². The Bertz CT molecular complexity index is 568. The van der Waals surface area contributed by atoms with E-state index in [1.807, 2.05) is 0 Å². The van der Waals surface area contributed by atoms with Crippen molar-refractivity contribution in [1.29, 1.82) is 0 Å². The van der Waals surface area contributed by atoms with Gasteiger partial charge in [0.25, 0.3) is 0 Å². The van der Waals surface area contributed by atoms with E-state index in [0.717, 1.165) is 12.1 Å². The van der Waals surface area contributed by atoms with Gasteiger partial charge in [0.15, 0.2) is 11.6 Å². The van der Waals surface area contributed by atoms with Gasteiger partial charge in [0.05, 0.1) is 6.10 Å². The molecule has 0 bridgehead atoms. The minimum atomic E-state index is -0.959. The summed E-state index contributed by atoms with van der Waals surface area (Å²) in [6.07, 6.45) is -0.548. The Hall–Kier alpha value is -2.14. The molecule has 0 aliphatic rings. The summed E-state index contributed by atoms with van der Waals surface area (Å²) in [5.74, 6) is -0.607. The predicted molar refractivity (Wildman–Crippen MR) is 70.0 cm³/mol. The van der Waals surface area contributed by atoms with E-state index in [1.165, 1.54) is 6.07 Å². The van der Waals surface area contributed by atoms with Crippen LogP contribution in [0.2, 0.25) is 0 Å². The number of hydrogen-bond acceptors (Lipinski definition) is 3. The Morgan fingerprint density at radius 3 is 2.15 bits per heavy atom. The van der Waals surface area contributed by atoms with Crippen LogP contribution in [-0.4, -0.2) is 17.8 Å². The van der Waals surface area contributed by atoms with Gasteiger partial charge in [0.2, 0.25) is 0 Å². The molecule has 0 aromatic heterocycles. The molecule has 5 heteroatoms. The molecule has 0 saturated heterocycles. The quantitative estimate of drug-likeness (QED) is 0.910. The summed E-state index contributed by atoms with van der Waals surface area (Å²) >= 11 is 0. The number of hydrogen-bond donors (Lipinski definition) is 1. The van der Waals surface area contributed by atoms with Gasteiger partial charge in [-0.05, 0) is 43.3 Å². The van der Waals surface area contributed by atoms with Gasteiger partial charge in [-0.2, -0.15) is 0 Å². The number of rotatable bonds is 5. The van der Waals surface area contributed by atoms with Gasteiger partial charge in [0.1, 0.15) is 23.9 Å². The van der Waals surface area contributed by atoms with Crippen molar-refractivity contribution >= 4 is 0 Å². The van der Waals surface area contributed by atoms with Gasteiger partial charge in [-0.25, -0.2) is 8.78 Å². The SMILES string of the molecule is CC(O)COc1ccc(Oc2ccc(F)c(F)c2)cc1. The zero-order valence-corrected chi connectivity index (χ0v) is 10.8. The highest BCUT2D eigenvalue weighted by Crippen LogP contribution is 2.25. The summed E-state index contributed by atoms with van der Waals surface area (Å²) in [6.45, 7) is 1.82. The zero-order chi connectivity index (χ0) is 14.5. The lowest BCUT2D eigenvalue weighted by molar-refractivity contribution is 0.122. The largest absolute Gasteiger partial charge is 0.491 e. The molecule has 0 aliphatic heterocycles. The normalized spacial score (nSPS) is 12.0. The standard InChI is InChI=1S/C15H14F2O3/c1-10(18)9-19-11-2-4-12(5-3-11)20-13-6-7-14(16)15(17)8-13/h2-8,10,18H,9H2,1H3. The van der Waals surface area contributed by atoms with Crippen molar-refractivity contribution < 1.29 is 23.4 Å². The zero-order valence-electron chi connectivity index (χ0n) is 10.8. The van der Waals surface area contributed by atoms with Crippen LogP contribution in [0.15, 0.2) is 42.5 Å². The maximum atomic E-state index is 13.0. The number of aliphatic hydroxyl groups excluding tert-OH is 1. The minimum Gasteiger partial charge on any atom is -0.491 e. The Labute approximate surface area is 115 Å². The summed E-state index contributed by atoms with van der Waals surface area (Å²) in [6, 6.07) is 9.93. The molecule has 1 N–H and O–H groups in total. The fourth-order valence-corrected chi connectivity index (χ4v) is 1.50. The fourth-order valence-electron chi connectivity index (χ4n) is 1.50. The van der Waals surface area contributed by atoms with Gasteiger partial charge in [-0.3, -0.25) is 0 Å². The lowest BCUT2D eigenvalue weighted by atomic mass is 10.3. The topological polar surface area (TPSA) is 38.7 Å². The van der Waals surface area contributed by atoms with Crippen molar-refractivity contribution in [3.63, 3.8) is 0 Å². The molecule has 0 radical (unpaired) electrons. The first-order valence-electron chi connectivity index (χ1n) is 6.08. The Kier molecular flexibility index (Phi) is 4.53. The first-order chi connectivity index (χ1) is 9.54. The van der Waals surface area contributed by atoms with Crippen molar-refractivity contribution in [1.82, 2.24) is 0 Å². The van der Waals surface area contributed by atoms with E-state index < -0.39 is 17.7 Å². The molecule has 0 aliphatic carbocycles. The average Bonchev–Trinajstić information content (AvgIpc) is 2.42. The first kappa shape index (κ1) is 14.3. The van der Waals surface area contributed by atoms with Gasteiger partial charge in [0, 0.05) is 6.07 Å². The molecule has 20 heavy (non-hydrogen) atoms. The molecule has 0 heterocycles. The van der Waals surface area contributed by atoms with Crippen LogP contribution in [0.5, 0.6) is 17.2 Å². The third-order valence-corrected chi connectivity index (χ3v) is 2.44. The first-order valence-corrected chi connectivity index (χ1v) is 6.08. The van der Waals surface area contributed by atoms with Crippen molar-refractivity contribution in [2.24, 2.45) is 0 Å². The maximum Gasteiger partial charge on any atom is 0.162 e. The summed E-state index contributed by atoms with van der Waals surface area (Å²) < 4.78 is 36.5. The average molecular weight is 280 g/mol. The van der Waals surface area contributed by atoms with Gasteiger partial charge in [-0.1, -0.05) is 0 Å². The van der Waals surface area contributed by atoms with Crippen molar-refractivity contribution in [2.75, 3.05) is 6.61 Å². The lowest BCUT2D eigenvalue weighted by Crippen LogP contribution is -2.12. The molecular weight excluding hydrogens is 266 g/mol. The molecule has 0 amide bonds. The van der Waals surface area contributed by atoms with Crippen LogP contribution in [0.1, 0.15) is 6.92 Å². The number of aliphatic hydroxyl groups is 1. The monoisotopic (exact) mass is 280 g/mol. The third-order valence-electron chi connectivity index (χ3n) is 2.44. The maximum absolute atomic E-state index is 13.0. The van der Waals surface area contributed by atoms with E-state index in [2.05, 4.69) is 0 Å². The molecule has 0 saturated carbocycles. The van der Waals surface area contributed by atoms with Crippen LogP contribution >= 0.6 is 0 Å². The van der Waals surface area contributed by atoms with Crippen molar-refractivity contribution in [3.8, 4) is 17.2 Å². The van der Waals surface area contributed by atoms with Crippen LogP contribution in [-0.2, 0) is 0 Å². The van der Waals surface area contributed by atoms with Crippen molar-refractivity contribution in [2.45, 2.75) is 13.0 Å². The second kappa shape index (κ2) is 6.34. The van der Waals surface area contributed by atoms with Crippen LogP contribution in [0.4, 0.5) is 8.78 Å². The molecule has 0 spiro atoms. The number of ether oxygens (including phenoxy) is 2.